The van der Waals surface area contributed by atoms with Crippen molar-refractivity contribution >= 4 is 55.0 Å². The molecule has 0 radical (unpaired) electrons. The van der Waals surface area contributed by atoms with Crippen LogP contribution in [-0.2, 0) is 0 Å². The molecule has 0 saturated carbocycles. The predicted octanol–water partition coefficient (Wildman–Crippen LogP) is 9.52. The Morgan fingerprint density at radius 3 is 2.21 bits per heavy atom. The van der Waals surface area contributed by atoms with Crippen LogP contribution in [0.25, 0.3) is 55.0 Å². The van der Waals surface area contributed by atoms with E-state index < -0.39 is 0 Å². The van der Waals surface area contributed by atoms with Crippen LogP contribution >= 0.6 is 0 Å². The van der Waals surface area contributed by atoms with Gasteiger partial charge >= 0.3 is 0 Å². The van der Waals surface area contributed by atoms with Crippen LogP contribution in [0.1, 0.15) is 37.0 Å². The van der Waals surface area contributed by atoms with E-state index in [-0.39, 0.29) is 0 Å². The van der Waals surface area contributed by atoms with E-state index in [1.807, 2.05) is 0 Å². The van der Waals surface area contributed by atoms with Gasteiger partial charge in [-0.05, 0) is 69.6 Å². The summed E-state index contributed by atoms with van der Waals surface area (Å²) in [5.41, 5.74) is 7.76. The van der Waals surface area contributed by atoms with Crippen molar-refractivity contribution < 1.29 is 0 Å². The molecule has 6 aromatic rings. The Labute approximate surface area is 200 Å². The average molecular weight is 440 g/mol. The molecule has 0 aliphatic heterocycles. The molecule has 0 amide bonds. The molecule has 0 bridgehead atoms. The maximum Gasteiger partial charge on any atom is 0.0548 e. The fourth-order valence-corrected chi connectivity index (χ4v) is 5.50. The number of aromatic nitrogens is 1. The number of allylic oxidation sites excluding steroid dienone is 1. The largest absolute Gasteiger partial charge is 0.354 e. The number of rotatable bonds is 4. The molecule has 0 saturated heterocycles. The number of fused-ring (bicyclic) bond motifs is 7. The Morgan fingerprint density at radius 2 is 1.44 bits per heavy atom. The summed E-state index contributed by atoms with van der Waals surface area (Å²) in [6.07, 6.45) is 3.55. The van der Waals surface area contributed by atoms with Gasteiger partial charge in [0.25, 0.3) is 0 Å². The summed E-state index contributed by atoms with van der Waals surface area (Å²) < 4.78 is 0. The minimum atomic E-state index is 0.466. The molecule has 1 heterocycles. The lowest BCUT2D eigenvalue weighted by molar-refractivity contribution is 0.720. The zero-order chi connectivity index (χ0) is 23.2. The van der Waals surface area contributed by atoms with Crippen molar-refractivity contribution in [1.29, 1.82) is 0 Å². The number of hydrogen-bond acceptors (Lipinski definition) is 0. The molecular formula is C33H29N. The first kappa shape index (κ1) is 20.7. The molecule has 0 fully saturated rings. The molecule has 34 heavy (non-hydrogen) atoms. The zero-order valence-electron chi connectivity index (χ0n) is 20.0. The van der Waals surface area contributed by atoms with Gasteiger partial charge in [-0.1, -0.05) is 98.8 Å². The molecule has 6 rings (SSSR count). The summed E-state index contributed by atoms with van der Waals surface area (Å²) in [6.45, 7) is 6.89. The van der Waals surface area contributed by atoms with Crippen molar-refractivity contribution in [3.8, 4) is 0 Å². The zero-order valence-corrected chi connectivity index (χ0v) is 20.0. The van der Waals surface area contributed by atoms with Crippen LogP contribution in [-0.4, -0.2) is 4.98 Å². The highest BCUT2D eigenvalue weighted by molar-refractivity contribution is 6.29. The number of nitrogens with one attached hydrogen (secondary N) is 1. The summed E-state index contributed by atoms with van der Waals surface area (Å²) >= 11 is 0. The van der Waals surface area contributed by atoms with Gasteiger partial charge in [-0.25, -0.2) is 0 Å². The molecule has 1 nitrogen and oxygen atoms in total. The smallest absolute Gasteiger partial charge is 0.0548 e. The normalized spacial score (nSPS) is 13.3. The number of hydrogen-bond donors (Lipinski definition) is 1. The first-order valence-corrected chi connectivity index (χ1v) is 12.3. The van der Waals surface area contributed by atoms with E-state index in [0.29, 0.717) is 5.92 Å². The minimum absolute atomic E-state index is 0.466. The van der Waals surface area contributed by atoms with Crippen molar-refractivity contribution in [3.05, 3.63) is 108 Å². The molecule has 166 valence electrons. The number of benzene rings is 5. The third kappa shape index (κ3) is 3.15. The molecule has 0 spiro atoms. The van der Waals surface area contributed by atoms with E-state index in [2.05, 4.69) is 123 Å². The van der Waals surface area contributed by atoms with Gasteiger partial charge in [0.2, 0.25) is 0 Å². The maximum absolute atomic E-state index is 3.84. The molecule has 5 aromatic carbocycles. The van der Waals surface area contributed by atoms with Crippen LogP contribution in [0.15, 0.2) is 91.0 Å². The van der Waals surface area contributed by atoms with Crippen LogP contribution < -0.4 is 0 Å². The molecule has 1 aromatic heterocycles. The number of H-pyrrole nitrogens is 1. The predicted molar refractivity (Wildman–Crippen MR) is 149 cm³/mol. The average Bonchev–Trinajstić information content (AvgIpc) is 3.29. The summed E-state index contributed by atoms with van der Waals surface area (Å²) in [5, 5.41) is 7.88. The Balaban J connectivity index is 1.80. The monoisotopic (exact) mass is 439 g/mol. The Bertz CT molecular complexity index is 1700. The topological polar surface area (TPSA) is 15.8 Å². The third-order valence-corrected chi connectivity index (χ3v) is 7.51. The summed E-state index contributed by atoms with van der Waals surface area (Å²) in [7, 11) is 0. The van der Waals surface area contributed by atoms with Crippen LogP contribution in [0.5, 0.6) is 0 Å². The lowest BCUT2D eigenvalue weighted by Gasteiger charge is -2.17. The van der Waals surface area contributed by atoms with Gasteiger partial charge in [-0.15, -0.1) is 0 Å². The van der Waals surface area contributed by atoms with Gasteiger partial charge in [0.1, 0.15) is 0 Å². The highest BCUT2D eigenvalue weighted by Gasteiger charge is 2.18. The van der Waals surface area contributed by atoms with Gasteiger partial charge < -0.3 is 4.98 Å². The lowest BCUT2D eigenvalue weighted by atomic mass is 9.87. The molecule has 1 heteroatoms. The van der Waals surface area contributed by atoms with Crippen LogP contribution in [0.3, 0.4) is 0 Å². The minimum Gasteiger partial charge on any atom is -0.354 e. The molecule has 0 aliphatic carbocycles. The first-order chi connectivity index (χ1) is 16.7. The first-order valence-electron chi connectivity index (χ1n) is 12.3. The van der Waals surface area contributed by atoms with Gasteiger partial charge in [-0.3, -0.25) is 0 Å². The summed E-state index contributed by atoms with van der Waals surface area (Å²) in [4.78, 5) is 3.84. The van der Waals surface area contributed by atoms with Crippen molar-refractivity contribution in [1.82, 2.24) is 4.98 Å². The van der Waals surface area contributed by atoms with E-state index in [0.717, 1.165) is 6.42 Å². The number of aromatic amines is 1. The van der Waals surface area contributed by atoms with Crippen LogP contribution in [0.4, 0.5) is 0 Å². The molecule has 1 atom stereocenters. The maximum atomic E-state index is 3.84. The molecule has 1 unspecified atom stereocenters. The third-order valence-electron chi connectivity index (χ3n) is 7.51. The summed E-state index contributed by atoms with van der Waals surface area (Å²) in [5.74, 6) is 0.466. The Hall–Kier alpha value is -3.84. The fraction of sp³-hybridized carbons (Fsp3) is 0.152. The van der Waals surface area contributed by atoms with Crippen LogP contribution in [0.2, 0.25) is 0 Å². The van der Waals surface area contributed by atoms with Crippen molar-refractivity contribution in [2.24, 2.45) is 5.92 Å². The van der Waals surface area contributed by atoms with Crippen LogP contribution in [0, 0.1) is 12.8 Å². The highest BCUT2D eigenvalue weighted by atomic mass is 14.7. The van der Waals surface area contributed by atoms with E-state index in [1.165, 1.54) is 65.6 Å². The van der Waals surface area contributed by atoms with Crippen molar-refractivity contribution in [2.45, 2.75) is 27.2 Å². The van der Waals surface area contributed by atoms with E-state index in [9.17, 15) is 0 Å². The molecule has 1 N–H and O–H groups in total. The van der Waals surface area contributed by atoms with Crippen molar-refractivity contribution in [2.75, 3.05) is 0 Å². The van der Waals surface area contributed by atoms with Gasteiger partial charge in [-0.2, -0.15) is 0 Å². The fourth-order valence-electron chi connectivity index (χ4n) is 5.50. The van der Waals surface area contributed by atoms with E-state index in [1.54, 1.807) is 0 Å². The Morgan fingerprint density at radius 1 is 0.765 bits per heavy atom. The molecule has 0 aliphatic rings. The number of aryl methyl sites for hydroxylation is 1. The summed E-state index contributed by atoms with van der Waals surface area (Å²) in [6, 6.07) is 32.9. The second-order valence-corrected chi connectivity index (χ2v) is 9.44. The van der Waals surface area contributed by atoms with Gasteiger partial charge in [0, 0.05) is 21.9 Å². The molecular weight excluding hydrogens is 410 g/mol. The quantitative estimate of drug-likeness (QED) is 0.263. The van der Waals surface area contributed by atoms with Gasteiger partial charge in [0.15, 0.2) is 0 Å². The van der Waals surface area contributed by atoms with Gasteiger partial charge in [0.05, 0.1) is 5.52 Å². The highest BCUT2D eigenvalue weighted by Crippen LogP contribution is 2.42. The second-order valence-electron chi connectivity index (χ2n) is 9.44. The second kappa shape index (κ2) is 8.18. The SMILES string of the molecule is CCC(C)/C(=C\c1c(C)c2ccccc2c2c1[nH]c1ccc3ccccc3c12)c1ccccc1. The standard InChI is InChI=1S/C33H29N/c1-4-21(2)28(23-12-6-5-7-13-23)20-29-22(3)25-15-10-11-17-27(25)32-31-26-16-9-8-14-24(26)18-19-30(31)34-33(29)32/h5-21,34H,4H2,1-3H3/b28-20+. The Kier molecular flexibility index (Phi) is 4.99. The lowest BCUT2D eigenvalue weighted by Crippen LogP contribution is -1.98. The van der Waals surface area contributed by atoms with E-state index >= 15 is 0 Å². The van der Waals surface area contributed by atoms with E-state index in [4.69, 9.17) is 0 Å². The van der Waals surface area contributed by atoms with Crippen molar-refractivity contribution in [3.63, 3.8) is 0 Å².